The molecule has 0 fully saturated rings. The average Bonchev–Trinajstić information content (AvgIpc) is 1.60. The topological polar surface area (TPSA) is 26.3 Å². The molecule has 10 heavy (non-hydrogen) atoms. The summed E-state index contributed by atoms with van der Waals surface area (Å²) in [4.78, 5) is 10.2. The van der Waals surface area contributed by atoms with Gasteiger partial charge in [0, 0.05) is 0 Å². The molecule has 0 aromatic heterocycles. The molecule has 0 aromatic rings. The van der Waals surface area contributed by atoms with Crippen molar-refractivity contribution in [3.05, 3.63) is 0 Å². The first-order valence-corrected chi connectivity index (χ1v) is 2.62. The normalized spacial score (nSPS) is 11.8. The van der Waals surface area contributed by atoms with Gasteiger partial charge in [-0.05, 0) is 0 Å². The third-order valence-electron chi connectivity index (χ3n) is 0.688. The molecular weight excluding hydrogens is 149 g/mol. The summed E-state index contributed by atoms with van der Waals surface area (Å²) in [5.74, 6) is -2.01. The summed E-state index contributed by atoms with van der Waals surface area (Å²) < 4.78 is 36.7. The van der Waals surface area contributed by atoms with Crippen LogP contribution >= 0.6 is 0 Å². The molecule has 0 aliphatic rings. The highest BCUT2D eigenvalue weighted by molar-refractivity contribution is 5.71. The van der Waals surface area contributed by atoms with Gasteiger partial charge >= 0.3 is 12.3 Å². The molecule has 0 atom stereocenters. The number of hydrogen-bond donors (Lipinski definition) is 0. The van der Waals surface area contributed by atoms with Gasteiger partial charge in [0.05, 0.1) is 5.92 Å². The Kier molecular flexibility index (Phi) is 2.68. The molecule has 0 radical (unpaired) electrons. The lowest BCUT2D eigenvalue weighted by Crippen LogP contribution is -2.22. The molecule has 0 N–H and O–H groups in total. The summed E-state index contributed by atoms with van der Waals surface area (Å²) in [5, 5.41) is 0. The standard InChI is InChI=1S/C5H7F3O2/c1-3(2)4(9)10-5(6,7)8/h3H,1-2H3. The Morgan fingerprint density at radius 1 is 1.40 bits per heavy atom. The van der Waals surface area contributed by atoms with Crippen LogP contribution in [-0.4, -0.2) is 12.3 Å². The van der Waals surface area contributed by atoms with Crippen molar-refractivity contribution in [2.45, 2.75) is 20.2 Å². The molecule has 2 nitrogen and oxygen atoms in total. The number of rotatable bonds is 1. The summed E-state index contributed by atoms with van der Waals surface area (Å²) in [6.07, 6.45) is -4.85. The summed E-state index contributed by atoms with van der Waals surface area (Å²) in [7, 11) is 0. The van der Waals surface area contributed by atoms with Crippen LogP contribution in [-0.2, 0) is 9.53 Å². The number of esters is 1. The van der Waals surface area contributed by atoms with E-state index in [1.165, 1.54) is 13.8 Å². The van der Waals surface area contributed by atoms with Gasteiger partial charge in [-0.3, -0.25) is 4.79 Å². The van der Waals surface area contributed by atoms with E-state index in [1.54, 1.807) is 0 Å². The molecule has 5 heteroatoms. The predicted molar refractivity (Wildman–Crippen MR) is 27.0 cm³/mol. The van der Waals surface area contributed by atoms with Crippen molar-refractivity contribution >= 4 is 5.97 Å². The first-order chi connectivity index (χ1) is 4.33. The van der Waals surface area contributed by atoms with Crippen molar-refractivity contribution < 1.29 is 22.7 Å². The Morgan fingerprint density at radius 3 is 1.90 bits per heavy atom. The maximum absolute atomic E-state index is 11.2. The fraction of sp³-hybridized carbons (Fsp3) is 0.800. The van der Waals surface area contributed by atoms with Gasteiger partial charge in [-0.15, -0.1) is 13.2 Å². The minimum absolute atomic E-state index is 0.748. The number of hydrogen-bond acceptors (Lipinski definition) is 2. The second kappa shape index (κ2) is 2.90. The fourth-order valence-corrected chi connectivity index (χ4v) is 0.232. The van der Waals surface area contributed by atoms with Gasteiger partial charge in [-0.1, -0.05) is 13.8 Å². The minimum Gasteiger partial charge on any atom is -0.373 e. The van der Waals surface area contributed by atoms with E-state index in [1.807, 2.05) is 0 Å². The summed E-state index contributed by atoms with van der Waals surface area (Å²) in [5.41, 5.74) is 0. The zero-order valence-electron chi connectivity index (χ0n) is 5.53. The smallest absolute Gasteiger partial charge is 0.373 e. The highest BCUT2D eigenvalue weighted by Gasteiger charge is 2.34. The number of carbonyl (C=O) groups excluding carboxylic acids is 1. The monoisotopic (exact) mass is 156 g/mol. The van der Waals surface area contributed by atoms with Crippen LogP contribution in [0.15, 0.2) is 0 Å². The average molecular weight is 156 g/mol. The molecule has 0 aromatic carbocycles. The van der Waals surface area contributed by atoms with E-state index in [4.69, 9.17) is 0 Å². The van der Waals surface area contributed by atoms with Crippen molar-refractivity contribution in [2.24, 2.45) is 5.92 Å². The van der Waals surface area contributed by atoms with Crippen LogP contribution in [0.1, 0.15) is 13.8 Å². The van der Waals surface area contributed by atoms with Crippen LogP contribution in [0.25, 0.3) is 0 Å². The van der Waals surface area contributed by atoms with Crippen LogP contribution in [0.3, 0.4) is 0 Å². The maximum atomic E-state index is 11.2. The van der Waals surface area contributed by atoms with Crippen molar-refractivity contribution in [1.29, 1.82) is 0 Å². The van der Waals surface area contributed by atoms with Crippen LogP contribution < -0.4 is 0 Å². The molecule has 0 aliphatic heterocycles. The lowest BCUT2D eigenvalue weighted by atomic mass is 10.2. The van der Waals surface area contributed by atoms with Crippen molar-refractivity contribution in [3.8, 4) is 0 Å². The fourth-order valence-electron chi connectivity index (χ4n) is 0.232. The van der Waals surface area contributed by atoms with E-state index in [0.29, 0.717) is 0 Å². The Labute approximate surface area is 56.0 Å². The number of carbonyl (C=O) groups is 1. The molecule has 60 valence electrons. The van der Waals surface area contributed by atoms with Gasteiger partial charge in [-0.25, -0.2) is 0 Å². The SMILES string of the molecule is CC(C)C(=O)OC(F)(F)F. The minimum atomic E-state index is -4.85. The van der Waals surface area contributed by atoms with E-state index >= 15 is 0 Å². The summed E-state index contributed by atoms with van der Waals surface area (Å²) in [6, 6.07) is 0. The van der Waals surface area contributed by atoms with E-state index in [9.17, 15) is 18.0 Å². The molecule has 0 aliphatic carbocycles. The van der Waals surface area contributed by atoms with Gasteiger partial charge in [0.2, 0.25) is 0 Å². The van der Waals surface area contributed by atoms with Crippen molar-refractivity contribution in [3.63, 3.8) is 0 Å². The first-order valence-electron chi connectivity index (χ1n) is 2.62. The molecule has 0 heterocycles. The van der Waals surface area contributed by atoms with E-state index in [-0.39, 0.29) is 0 Å². The lowest BCUT2D eigenvalue weighted by molar-refractivity contribution is -0.307. The Balaban J connectivity index is 3.81. The molecule has 0 saturated carbocycles. The number of halogens is 3. The van der Waals surface area contributed by atoms with Gasteiger partial charge < -0.3 is 4.74 Å². The van der Waals surface area contributed by atoms with Crippen LogP contribution in [0, 0.1) is 5.92 Å². The molecule has 0 bridgehead atoms. The molecule has 0 unspecified atom stereocenters. The van der Waals surface area contributed by atoms with E-state index in [0.717, 1.165) is 0 Å². The van der Waals surface area contributed by atoms with E-state index in [2.05, 4.69) is 4.74 Å². The third-order valence-corrected chi connectivity index (χ3v) is 0.688. The van der Waals surface area contributed by atoms with Crippen LogP contribution in [0.5, 0.6) is 0 Å². The predicted octanol–water partition coefficient (Wildman–Crippen LogP) is 1.71. The molecule has 0 saturated heterocycles. The van der Waals surface area contributed by atoms with Crippen molar-refractivity contribution in [1.82, 2.24) is 0 Å². The Hall–Kier alpha value is -0.740. The highest BCUT2D eigenvalue weighted by atomic mass is 19.4. The Morgan fingerprint density at radius 2 is 1.80 bits per heavy atom. The third kappa shape index (κ3) is 4.17. The van der Waals surface area contributed by atoms with Crippen molar-refractivity contribution in [2.75, 3.05) is 0 Å². The highest BCUT2D eigenvalue weighted by Crippen LogP contribution is 2.17. The van der Waals surface area contributed by atoms with Crippen LogP contribution in [0.4, 0.5) is 13.2 Å². The van der Waals surface area contributed by atoms with Gasteiger partial charge in [0.1, 0.15) is 0 Å². The van der Waals surface area contributed by atoms with E-state index < -0.39 is 18.2 Å². The molecule has 0 spiro atoms. The van der Waals surface area contributed by atoms with Gasteiger partial charge in [0.25, 0.3) is 0 Å². The van der Waals surface area contributed by atoms with Gasteiger partial charge in [0.15, 0.2) is 0 Å². The molecular formula is C5H7F3O2. The molecule has 0 amide bonds. The number of alkyl halides is 3. The largest absolute Gasteiger partial charge is 0.575 e. The zero-order valence-corrected chi connectivity index (χ0v) is 5.53. The zero-order chi connectivity index (χ0) is 8.36. The maximum Gasteiger partial charge on any atom is 0.575 e. The number of ether oxygens (including phenoxy) is 1. The Bertz CT molecular complexity index is 127. The lowest BCUT2D eigenvalue weighted by Gasteiger charge is -2.08. The molecule has 0 rings (SSSR count). The quantitative estimate of drug-likeness (QED) is 0.540. The summed E-state index contributed by atoms with van der Waals surface area (Å²) in [6.45, 7) is 2.65. The second-order valence-corrected chi connectivity index (χ2v) is 2.02. The van der Waals surface area contributed by atoms with Crippen LogP contribution in [0.2, 0.25) is 0 Å². The second-order valence-electron chi connectivity index (χ2n) is 2.02. The first kappa shape index (κ1) is 9.26. The van der Waals surface area contributed by atoms with Gasteiger partial charge in [-0.2, -0.15) is 0 Å². The summed E-state index contributed by atoms with van der Waals surface area (Å²) >= 11 is 0.